The third-order valence-electron chi connectivity index (χ3n) is 7.19. The lowest BCUT2D eigenvalue weighted by molar-refractivity contribution is -0.188. The second-order valence-electron chi connectivity index (χ2n) is 9.65. The van der Waals surface area contributed by atoms with Crippen LogP contribution in [0, 0.1) is 5.92 Å². The SMILES string of the molecule is CCCON(CCC)C(=O)CN1CC(c2ccc3c(c2)CCO3)C(C(=O)O)C1CCN(CC)C(C)=O. The van der Waals surface area contributed by atoms with Crippen molar-refractivity contribution in [2.24, 2.45) is 5.92 Å². The first kappa shape index (κ1) is 27.9. The monoisotopic (exact) mass is 503 g/mol. The van der Waals surface area contributed by atoms with Crippen LogP contribution in [-0.4, -0.2) is 89.7 Å². The van der Waals surface area contributed by atoms with Crippen LogP contribution in [-0.2, 0) is 25.6 Å². The molecule has 0 spiro atoms. The molecule has 0 saturated carbocycles. The van der Waals surface area contributed by atoms with Gasteiger partial charge in [-0.15, -0.1) is 0 Å². The van der Waals surface area contributed by atoms with Crippen LogP contribution in [0.2, 0.25) is 0 Å². The number of hydrogen-bond acceptors (Lipinski definition) is 6. The van der Waals surface area contributed by atoms with Gasteiger partial charge in [0.1, 0.15) is 5.75 Å². The number of amides is 2. The summed E-state index contributed by atoms with van der Waals surface area (Å²) in [6.45, 7) is 10.5. The highest BCUT2D eigenvalue weighted by atomic mass is 16.7. The predicted molar refractivity (Wildman–Crippen MR) is 136 cm³/mol. The van der Waals surface area contributed by atoms with E-state index in [9.17, 15) is 19.5 Å². The fourth-order valence-electron chi connectivity index (χ4n) is 5.37. The second-order valence-corrected chi connectivity index (χ2v) is 9.65. The number of hydrogen-bond donors (Lipinski definition) is 1. The van der Waals surface area contributed by atoms with Gasteiger partial charge in [0, 0.05) is 51.5 Å². The highest BCUT2D eigenvalue weighted by Gasteiger charge is 2.47. The zero-order chi connectivity index (χ0) is 26.2. The molecule has 0 aliphatic carbocycles. The Bertz CT molecular complexity index is 923. The molecule has 3 unspecified atom stereocenters. The van der Waals surface area contributed by atoms with Crippen LogP contribution in [0.5, 0.6) is 5.75 Å². The molecule has 0 aromatic heterocycles. The normalized spacial score (nSPS) is 21.2. The zero-order valence-electron chi connectivity index (χ0n) is 22.1. The summed E-state index contributed by atoms with van der Waals surface area (Å²) in [4.78, 5) is 47.3. The Morgan fingerprint density at radius 3 is 2.58 bits per heavy atom. The van der Waals surface area contributed by atoms with Crippen LogP contribution in [0.15, 0.2) is 18.2 Å². The number of rotatable bonds is 13. The molecule has 0 radical (unpaired) electrons. The Kier molecular flexibility index (Phi) is 10.1. The van der Waals surface area contributed by atoms with Gasteiger partial charge in [-0.1, -0.05) is 26.0 Å². The molecule has 2 aliphatic rings. The lowest BCUT2D eigenvalue weighted by Crippen LogP contribution is -2.45. The van der Waals surface area contributed by atoms with Gasteiger partial charge in [0.25, 0.3) is 5.91 Å². The third kappa shape index (κ3) is 6.56. The summed E-state index contributed by atoms with van der Waals surface area (Å²) in [5, 5.41) is 11.8. The number of carbonyl (C=O) groups excluding carboxylic acids is 2. The Morgan fingerprint density at radius 2 is 1.94 bits per heavy atom. The van der Waals surface area contributed by atoms with E-state index >= 15 is 0 Å². The van der Waals surface area contributed by atoms with E-state index in [1.54, 1.807) is 4.90 Å². The smallest absolute Gasteiger partial charge is 0.308 e. The Hall–Kier alpha value is -2.65. The van der Waals surface area contributed by atoms with E-state index in [4.69, 9.17) is 9.57 Å². The zero-order valence-corrected chi connectivity index (χ0v) is 22.1. The van der Waals surface area contributed by atoms with Crippen LogP contribution >= 0.6 is 0 Å². The summed E-state index contributed by atoms with van der Waals surface area (Å²) in [6, 6.07) is 5.56. The quantitative estimate of drug-likeness (QED) is 0.413. The third-order valence-corrected chi connectivity index (χ3v) is 7.19. The number of aliphatic carboxylic acids is 1. The average Bonchev–Trinajstić information content (AvgIpc) is 3.46. The molecule has 9 nitrogen and oxygen atoms in total. The standard InChI is InChI=1S/C27H41N3O6/c1-5-12-30(36-14-6-2)25(32)18-29-17-22(20-8-9-24-21(16-20)11-15-35-24)26(27(33)34)23(29)10-13-28(7-3)19(4)31/h8-9,16,22-23,26H,5-7,10-15,17-18H2,1-4H3,(H,33,34). The van der Waals surface area contributed by atoms with Crippen LogP contribution in [0.4, 0.5) is 0 Å². The van der Waals surface area contributed by atoms with E-state index < -0.39 is 11.9 Å². The molecule has 9 heteroatoms. The summed E-state index contributed by atoms with van der Waals surface area (Å²) in [7, 11) is 0. The lowest BCUT2D eigenvalue weighted by atomic mass is 9.83. The molecule has 1 saturated heterocycles. The number of carboxylic acid groups (broad SMARTS) is 1. The first-order chi connectivity index (χ1) is 17.3. The number of likely N-dealkylation sites (tertiary alicyclic amines) is 1. The van der Waals surface area contributed by atoms with E-state index in [0.29, 0.717) is 45.8 Å². The van der Waals surface area contributed by atoms with Crippen molar-refractivity contribution >= 4 is 17.8 Å². The molecule has 3 rings (SSSR count). The maximum atomic E-state index is 13.2. The first-order valence-corrected chi connectivity index (χ1v) is 13.2. The number of nitrogens with zero attached hydrogens (tertiary/aromatic N) is 3. The van der Waals surface area contributed by atoms with E-state index in [1.807, 2.05) is 37.8 Å². The van der Waals surface area contributed by atoms with E-state index in [0.717, 1.165) is 36.1 Å². The van der Waals surface area contributed by atoms with Crippen LogP contribution in [0.3, 0.4) is 0 Å². The van der Waals surface area contributed by atoms with Gasteiger partial charge in [-0.2, -0.15) is 0 Å². The van der Waals surface area contributed by atoms with E-state index in [1.165, 1.54) is 12.0 Å². The predicted octanol–water partition coefficient (Wildman–Crippen LogP) is 2.93. The number of fused-ring (bicyclic) bond motifs is 1. The summed E-state index contributed by atoms with van der Waals surface area (Å²) in [5.41, 5.74) is 2.05. The van der Waals surface area contributed by atoms with Crippen molar-refractivity contribution in [1.29, 1.82) is 0 Å². The molecule has 2 amide bonds. The Labute approximate surface area is 214 Å². The molecule has 36 heavy (non-hydrogen) atoms. The maximum Gasteiger partial charge on any atom is 0.308 e. The molecule has 1 N–H and O–H groups in total. The highest BCUT2D eigenvalue weighted by molar-refractivity contribution is 5.78. The molecule has 0 bridgehead atoms. The average molecular weight is 504 g/mol. The molecule has 2 aliphatic heterocycles. The largest absolute Gasteiger partial charge is 0.493 e. The van der Waals surface area contributed by atoms with Crippen LogP contribution in [0.1, 0.15) is 64.0 Å². The van der Waals surface area contributed by atoms with Gasteiger partial charge < -0.3 is 14.7 Å². The minimum absolute atomic E-state index is 0.0396. The molecule has 1 aromatic rings. The van der Waals surface area contributed by atoms with Crippen molar-refractivity contribution < 1.29 is 29.1 Å². The highest BCUT2D eigenvalue weighted by Crippen LogP contribution is 2.41. The molecule has 1 aromatic carbocycles. The Morgan fingerprint density at radius 1 is 1.17 bits per heavy atom. The number of hydroxylamine groups is 2. The molecule has 1 fully saturated rings. The van der Waals surface area contributed by atoms with Crippen molar-refractivity contribution in [3.63, 3.8) is 0 Å². The van der Waals surface area contributed by atoms with Gasteiger partial charge in [-0.05, 0) is 43.4 Å². The van der Waals surface area contributed by atoms with Crippen molar-refractivity contribution in [3.05, 3.63) is 29.3 Å². The first-order valence-electron chi connectivity index (χ1n) is 13.2. The second kappa shape index (κ2) is 13.1. The van der Waals surface area contributed by atoms with Gasteiger partial charge in [0.05, 0.1) is 25.7 Å². The fraction of sp³-hybridized carbons (Fsp3) is 0.667. The van der Waals surface area contributed by atoms with E-state index in [-0.39, 0.29) is 30.3 Å². The summed E-state index contributed by atoms with van der Waals surface area (Å²) >= 11 is 0. The minimum atomic E-state index is -0.879. The molecule has 200 valence electrons. The van der Waals surface area contributed by atoms with Gasteiger partial charge in [0.15, 0.2) is 0 Å². The summed E-state index contributed by atoms with van der Waals surface area (Å²) in [6.07, 6.45) is 2.85. The van der Waals surface area contributed by atoms with Crippen molar-refractivity contribution in [2.75, 3.05) is 45.9 Å². The molecular weight excluding hydrogens is 462 g/mol. The summed E-state index contributed by atoms with van der Waals surface area (Å²) < 4.78 is 5.64. The van der Waals surface area contributed by atoms with E-state index in [2.05, 4.69) is 6.07 Å². The number of ether oxygens (including phenoxy) is 1. The van der Waals surface area contributed by atoms with Gasteiger partial charge in [-0.3, -0.25) is 24.1 Å². The minimum Gasteiger partial charge on any atom is -0.493 e. The number of benzene rings is 1. The lowest BCUT2D eigenvalue weighted by Gasteiger charge is -2.30. The van der Waals surface area contributed by atoms with Crippen LogP contribution < -0.4 is 4.74 Å². The fourth-order valence-corrected chi connectivity index (χ4v) is 5.37. The summed E-state index contributed by atoms with van der Waals surface area (Å²) in [5.74, 6) is -1.19. The molecule has 3 atom stereocenters. The molecular formula is C27H41N3O6. The van der Waals surface area contributed by atoms with Crippen molar-refractivity contribution in [1.82, 2.24) is 14.9 Å². The van der Waals surface area contributed by atoms with Crippen LogP contribution in [0.25, 0.3) is 0 Å². The van der Waals surface area contributed by atoms with Gasteiger partial charge in [-0.25, -0.2) is 5.06 Å². The van der Waals surface area contributed by atoms with Gasteiger partial charge >= 0.3 is 5.97 Å². The topological polar surface area (TPSA) is 99.6 Å². The number of carbonyl (C=O) groups is 3. The number of carboxylic acids is 1. The van der Waals surface area contributed by atoms with Crippen molar-refractivity contribution in [2.45, 2.75) is 65.3 Å². The van der Waals surface area contributed by atoms with Crippen molar-refractivity contribution in [3.8, 4) is 5.75 Å². The maximum absolute atomic E-state index is 13.2. The Balaban J connectivity index is 1.88. The van der Waals surface area contributed by atoms with Gasteiger partial charge in [0.2, 0.25) is 5.91 Å². The molecule has 2 heterocycles.